The second-order valence-corrected chi connectivity index (χ2v) is 5.65. The molecule has 98 valence electrons. The Morgan fingerprint density at radius 1 is 1.41 bits per heavy atom. The topological polar surface area (TPSA) is 44.0 Å². The molecule has 0 bridgehead atoms. The molecular formula is C13H26N4. The molecule has 1 heterocycles. The van der Waals surface area contributed by atoms with Crippen molar-refractivity contribution in [2.45, 2.75) is 46.2 Å². The molecule has 0 atom stereocenters. The Hall–Kier alpha value is -0.870. The lowest BCUT2D eigenvalue weighted by molar-refractivity contribution is 0.300. The molecule has 0 fully saturated rings. The first kappa shape index (κ1) is 14.2. The average Bonchev–Trinajstić information content (AvgIpc) is 2.63. The zero-order chi connectivity index (χ0) is 12.9. The molecule has 0 aromatic carbocycles. The van der Waals surface area contributed by atoms with Gasteiger partial charge in [-0.25, -0.2) is 0 Å². The number of hydrogen-bond donors (Lipinski definition) is 2. The molecule has 0 aliphatic heterocycles. The van der Waals surface area contributed by atoms with E-state index in [0.29, 0.717) is 0 Å². The smallest absolute Gasteiger partial charge is 0.0622 e. The Kier molecular flexibility index (Phi) is 5.15. The summed E-state index contributed by atoms with van der Waals surface area (Å²) in [4.78, 5) is 2.30. The van der Waals surface area contributed by atoms with E-state index in [-0.39, 0.29) is 5.54 Å². The lowest BCUT2D eigenvalue weighted by Gasteiger charge is -2.23. The highest BCUT2D eigenvalue weighted by atomic mass is 15.2. The molecule has 0 amide bonds. The van der Waals surface area contributed by atoms with Crippen LogP contribution in [0.5, 0.6) is 0 Å². The van der Waals surface area contributed by atoms with Crippen LogP contribution in [0.15, 0.2) is 6.07 Å². The normalized spacial score (nSPS) is 12.4. The Balaban J connectivity index is 2.27. The van der Waals surface area contributed by atoms with Crippen molar-refractivity contribution in [1.82, 2.24) is 20.4 Å². The van der Waals surface area contributed by atoms with E-state index < -0.39 is 0 Å². The van der Waals surface area contributed by atoms with Crippen molar-refractivity contribution < 1.29 is 0 Å². The van der Waals surface area contributed by atoms with Crippen LogP contribution in [0.25, 0.3) is 0 Å². The third kappa shape index (κ3) is 5.84. The van der Waals surface area contributed by atoms with Crippen LogP contribution >= 0.6 is 0 Å². The van der Waals surface area contributed by atoms with Crippen molar-refractivity contribution in [3.63, 3.8) is 0 Å². The van der Waals surface area contributed by atoms with Crippen molar-refractivity contribution in [2.75, 3.05) is 20.1 Å². The van der Waals surface area contributed by atoms with Gasteiger partial charge < -0.3 is 5.32 Å². The number of likely N-dealkylation sites (N-methyl/N-ethyl adjacent to an activating group) is 1. The molecule has 1 rings (SSSR count). The van der Waals surface area contributed by atoms with Gasteiger partial charge in [-0.1, -0.05) is 6.92 Å². The second kappa shape index (κ2) is 6.17. The molecular weight excluding hydrogens is 212 g/mol. The molecule has 0 radical (unpaired) electrons. The van der Waals surface area contributed by atoms with Crippen LogP contribution in [-0.4, -0.2) is 40.8 Å². The van der Waals surface area contributed by atoms with Gasteiger partial charge in [0.2, 0.25) is 0 Å². The summed E-state index contributed by atoms with van der Waals surface area (Å²) in [6.07, 6.45) is 0.992. The molecule has 1 aromatic rings. The predicted octanol–water partition coefficient (Wildman–Crippen LogP) is 1.79. The summed E-state index contributed by atoms with van der Waals surface area (Å²) in [6.45, 7) is 11.7. The quantitative estimate of drug-likeness (QED) is 0.794. The van der Waals surface area contributed by atoms with E-state index in [9.17, 15) is 0 Å². The minimum Gasteiger partial charge on any atom is -0.311 e. The van der Waals surface area contributed by atoms with Crippen LogP contribution in [0.4, 0.5) is 0 Å². The lowest BCUT2D eigenvalue weighted by atomic mass is 10.1. The highest BCUT2D eigenvalue weighted by molar-refractivity contribution is 5.08. The molecule has 0 spiro atoms. The van der Waals surface area contributed by atoms with Crippen LogP contribution in [-0.2, 0) is 13.0 Å². The first-order valence-electron chi connectivity index (χ1n) is 6.37. The largest absolute Gasteiger partial charge is 0.311 e. The Bertz CT molecular complexity index is 324. The van der Waals surface area contributed by atoms with Crippen LogP contribution in [0.1, 0.15) is 39.1 Å². The standard InChI is InChI=1S/C13H26N4/c1-6-11-9-12(16-15-11)10-17(5)8-7-14-13(2,3)4/h9,14H,6-8,10H2,1-5H3,(H,15,16). The van der Waals surface area contributed by atoms with Crippen LogP contribution in [0.3, 0.4) is 0 Å². The number of aromatic amines is 1. The fourth-order valence-electron chi connectivity index (χ4n) is 1.66. The van der Waals surface area contributed by atoms with Gasteiger partial charge in [0, 0.05) is 30.9 Å². The van der Waals surface area contributed by atoms with E-state index in [4.69, 9.17) is 0 Å². The molecule has 1 aromatic heterocycles. The van der Waals surface area contributed by atoms with Crippen LogP contribution in [0.2, 0.25) is 0 Å². The van der Waals surface area contributed by atoms with E-state index in [1.807, 2.05) is 0 Å². The van der Waals surface area contributed by atoms with Crippen molar-refractivity contribution in [3.05, 3.63) is 17.5 Å². The number of nitrogens with one attached hydrogen (secondary N) is 2. The summed E-state index contributed by atoms with van der Waals surface area (Å²) >= 11 is 0. The van der Waals surface area contributed by atoms with Gasteiger partial charge >= 0.3 is 0 Å². The molecule has 4 nitrogen and oxygen atoms in total. The maximum Gasteiger partial charge on any atom is 0.0622 e. The third-order valence-electron chi connectivity index (χ3n) is 2.64. The predicted molar refractivity (Wildman–Crippen MR) is 72.1 cm³/mol. The molecule has 0 saturated heterocycles. The SMILES string of the molecule is CCc1cc(CN(C)CCNC(C)(C)C)[nH]n1. The van der Waals surface area contributed by atoms with Gasteiger partial charge in [0.1, 0.15) is 0 Å². The summed E-state index contributed by atoms with van der Waals surface area (Å²) in [5.41, 5.74) is 2.53. The number of aromatic nitrogens is 2. The van der Waals surface area contributed by atoms with Gasteiger partial charge in [-0.2, -0.15) is 5.10 Å². The molecule has 0 aliphatic carbocycles. The average molecular weight is 238 g/mol. The maximum absolute atomic E-state index is 4.24. The molecule has 0 aliphatic rings. The molecule has 2 N–H and O–H groups in total. The zero-order valence-electron chi connectivity index (χ0n) is 11.8. The summed E-state index contributed by atoms with van der Waals surface area (Å²) < 4.78 is 0. The van der Waals surface area contributed by atoms with E-state index in [0.717, 1.165) is 31.7 Å². The first-order valence-corrected chi connectivity index (χ1v) is 6.37. The molecule has 0 unspecified atom stereocenters. The van der Waals surface area contributed by atoms with Gasteiger partial charge in [0.25, 0.3) is 0 Å². The summed E-state index contributed by atoms with van der Waals surface area (Å²) in [7, 11) is 2.14. The monoisotopic (exact) mass is 238 g/mol. The summed E-state index contributed by atoms with van der Waals surface area (Å²) in [5.74, 6) is 0. The maximum atomic E-state index is 4.24. The third-order valence-corrected chi connectivity index (χ3v) is 2.64. The van der Waals surface area contributed by atoms with Crippen molar-refractivity contribution >= 4 is 0 Å². The summed E-state index contributed by atoms with van der Waals surface area (Å²) in [6, 6.07) is 2.15. The van der Waals surface area contributed by atoms with E-state index in [1.54, 1.807) is 0 Å². The Morgan fingerprint density at radius 3 is 2.65 bits per heavy atom. The first-order chi connectivity index (χ1) is 7.90. The number of nitrogens with zero attached hydrogens (tertiary/aromatic N) is 2. The lowest BCUT2D eigenvalue weighted by Crippen LogP contribution is -2.40. The number of hydrogen-bond acceptors (Lipinski definition) is 3. The molecule has 4 heteroatoms. The Morgan fingerprint density at radius 2 is 2.12 bits per heavy atom. The Labute approximate surface area is 105 Å². The minimum atomic E-state index is 0.199. The molecule has 17 heavy (non-hydrogen) atoms. The highest BCUT2D eigenvalue weighted by Gasteiger charge is 2.09. The fourth-order valence-corrected chi connectivity index (χ4v) is 1.66. The van der Waals surface area contributed by atoms with E-state index in [2.05, 4.69) is 61.2 Å². The van der Waals surface area contributed by atoms with Crippen molar-refractivity contribution in [1.29, 1.82) is 0 Å². The summed E-state index contributed by atoms with van der Waals surface area (Å²) in [5, 5.41) is 10.8. The van der Waals surface area contributed by atoms with E-state index in [1.165, 1.54) is 5.69 Å². The van der Waals surface area contributed by atoms with Crippen LogP contribution in [0, 0.1) is 0 Å². The highest BCUT2D eigenvalue weighted by Crippen LogP contribution is 2.03. The van der Waals surface area contributed by atoms with Gasteiger partial charge in [0.15, 0.2) is 0 Å². The zero-order valence-corrected chi connectivity index (χ0v) is 11.8. The van der Waals surface area contributed by atoms with Gasteiger partial charge in [-0.05, 0) is 40.3 Å². The number of rotatable bonds is 6. The van der Waals surface area contributed by atoms with Gasteiger partial charge in [0.05, 0.1) is 5.69 Å². The van der Waals surface area contributed by atoms with Crippen molar-refractivity contribution in [2.24, 2.45) is 0 Å². The van der Waals surface area contributed by atoms with Crippen LogP contribution < -0.4 is 5.32 Å². The van der Waals surface area contributed by atoms with Crippen molar-refractivity contribution in [3.8, 4) is 0 Å². The molecule has 0 saturated carbocycles. The van der Waals surface area contributed by atoms with Gasteiger partial charge in [-0.15, -0.1) is 0 Å². The van der Waals surface area contributed by atoms with E-state index >= 15 is 0 Å². The fraction of sp³-hybridized carbons (Fsp3) is 0.769. The van der Waals surface area contributed by atoms with Gasteiger partial charge in [-0.3, -0.25) is 10.00 Å². The second-order valence-electron chi connectivity index (χ2n) is 5.65. The minimum absolute atomic E-state index is 0.199. The number of H-pyrrole nitrogens is 1. The number of aryl methyl sites for hydroxylation is 1.